The number of anilines is 1. The predicted octanol–water partition coefficient (Wildman–Crippen LogP) is 3.11. The van der Waals surface area contributed by atoms with Crippen molar-refractivity contribution in [1.82, 2.24) is 14.8 Å². The number of rotatable bonds is 2. The van der Waals surface area contributed by atoms with Gasteiger partial charge in [0.1, 0.15) is 30.5 Å². The first kappa shape index (κ1) is 14.1. The molecular formula is C19H16N4O2. The van der Waals surface area contributed by atoms with Crippen LogP contribution in [-0.2, 0) is 0 Å². The van der Waals surface area contributed by atoms with E-state index in [9.17, 15) is 0 Å². The summed E-state index contributed by atoms with van der Waals surface area (Å²) in [5.74, 6) is 2.45. The molecule has 3 heterocycles. The number of methoxy groups -OCH3 is 1. The Morgan fingerprint density at radius 3 is 2.84 bits per heavy atom. The van der Waals surface area contributed by atoms with Gasteiger partial charge >= 0.3 is 0 Å². The quantitative estimate of drug-likeness (QED) is 0.781. The Hall–Kier alpha value is -3.28. The fourth-order valence-corrected chi connectivity index (χ4v) is 3.48. The summed E-state index contributed by atoms with van der Waals surface area (Å²) in [7, 11) is 1.67. The average molecular weight is 332 g/mol. The van der Waals surface area contributed by atoms with Crippen LogP contribution in [0.2, 0.25) is 0 Å². The lowest BCUT2D eigenvalue weighted by atomic mass is 9.92. The monoisotopic (exact) mass is 332 g/mol. The average Bonchev–Trinajstić information content (AvgIpc) is 3.14. The first-order valence-electron chi connectivity index (χ1n) is 8.11. The van der Waals surface area contributed by atoms with Gasteiger partial charge in [0.2, 0.25) is 5.95 Å². The van der Waals surface area contributed by atoms with Gasteiger partial charge in [0.05, 0.1) is 12.8 Å². The fourth-order valence-electron chi connectivity index (χ4n) is 3.48. The van der Waals surface area contributed by atoms with Crippen molar-refractivity contribution in [2.75, 3.05) is 19.0 Å². The van der Waals surface area contributed by atoms with Crippen LogP contribution in [0.15, 0.2) is 60.4 Å². The predicted molar refractivity (Wildman–Crippen MR) is 93.6 cm³/mol. The first-order valence-corrected chi connectivity index (χ1v) is 8.11. The smallest absolute Gasteiger partial charge is 0.226 e. The number of fused-ring (bicyclic) bond motifs is 3. The van der Waals surface area contributed by atoms with Gasteiger partial charge in [-0.15, -0.1) is 0 Å². The van der Waals surface area contributed by atoms with Crippen molar-refractivity contribution in [2.24, 2.45) is 0 Å². The SMILES string of the molecule is COc1ccc([C@@H]2C3=C(Nc4ncnn42)c2ccccc2OC3)cc1. The van der Waals surface area contributed by atoms with E-state index in [0.717, 1.165) is 39.8 Å². The van der Waals surface area contributed by atoms with Crippen LogP contribution in [0, 0.1) is 0 Å². The van der Waals surface area contributed by atoms with Crippen molar-refractivity contribution in [3.8, 4) is 11.5 Å². The summed E-state index contributed by atoms with van der Waals surface area (Å²) in [6.45, 7) is 0.509. The molecule has 2 aromatic carbocycles. The molecule has 6 heteroatoms. The van der Waals surface area contributed by atoms with Gasteiger partial charge in [-0.25, -0.2) is 4.68 Å². The van der Waals surface area contributed by atoms with E-state index in [1.165, 1.54) is 0 Å². The summed E-state index contributed by atoms with van der Waals surface area (Å²) >= 11 is 0. The minimum absolute atomic E-state index is 0.0620. The van der Waals surface area contributed by atoms with E-state index in [4.69, 9.17) is 9.47 Å². The lowest BCUT2D eigenvalue weighted by molar-refractivity contribution is 0.328. The highest BCUT2D eigenvalue weighted by Crippen LogP contribution is 2.43. The first-order chi connectivity index (χ1) is 12.3. The maximum atomic E-state index is 6.00. The molecule has 1 N–H and O–H groups in total. The summed E-state index contributed by atoms with van der Waals surface area (Å²) in [4.78, 5) is 4.37. The highest BCUT2D eigenvalue weighted by atomic mass is 16.5. The third kappa shape index (κ3) is 2.11. The number of aromatic nitrogens is 3. The van der Waals surface area contributed by atoms with Crippen molar-refractivity contribution in [1.29, 1.82) is 0 Å². The second-order valence-electron chi connectivity index (χ2n) is 6.01. The second-order valence-corrected chi connectivity index (χ2v) is 6.01. The van der Waals surface area contributed by atoms with E-state index in [1.54, 1.807) is 13.4 Å². The molecule has 0 radical (unpaired) electrons. The van der Waals surface area contributed by atoms with Crippen LogP contribution < -0.4 is 14.8 Å². The van der Waals surface area contributed by atoms with E-state index in [1.807, 2.05) is 35.0 Å². The van der Waals surface area contributed by atoms with Crippen LogP contribution >= 0.6 is 0 Å². The molecule has 2 aliphatic rings. The number of hydrogen-bond donors (Lipinski definition) is 1. The van der Waals surface area contributed by atoms with Crippen LogP contribution in [-0.4, -0.2) is 28.5 Å². The number of hydrogen-bond acceptors (Lipinski definition) is 5. The number of ether oxygens (including phenoxy) is 2. The largest absolute Gasteiger partial charge is 0.497 e. The van der Waals surface area contributed by atoms with Gasteiger partial charge in [-0.3, -0.25) is 0 Å². The molecule has 0 amide bonds. The van der Waals surface area contributed by atoms with Crippen LogP contribution in [0.25, 0.3) is 5.70 Å². The van der Waals surface area contributed by atoms with Gasteiger partial charge in [0.15, 0.2) is 0 Å². The molecule has 1 atom stereocenters. The van der Waals surface area contributed by atoms with Crippen LogP contribution in [0.3, 0.4) is 0 Å². The molecule has 5 rings (SSSR count). The Balaban J connectivity index is 1.69. The van der Waals surface area contributed by atoms with Crippen LogP contribution in [0.4, 0.5) is 5.95 Å². The van der Waals surface area contributed by atoms with E-state index >= 15 is 0 Å². The topological polar surface area (TPSA) is 61.2 Å². The van der Waals surface area contributed by atoms with Gasteiger partial charge < -0.3 is 14.8 Å². The summed E-state index contributed by atoms with van der Waals surface area (Å²) in [6.07, 6.45) is 1.57. The summed E-state index contributed by atoms with van der Waals surface area (Å²) < 4.78 is 13.2. The van der Waals surface area contributed by atoms with E-state index < -0.39 is 0 Å². The minimum atomic E-state index is -0.0620. The Morgan fingerprint density at radius 1 is 1.16 bits per heavy atom. The molecule has 0 unspecified atom stereocenters. The normalized spacial score (nSPS) is 17.7. The summed E-state index contributed by atoms with van der Waals surface area (Å²) in [6, 6.07) is 16.0. The zero-order valence-corrected chi connectivity index (χ0v) is 13.6. The molecule has 1 aromatic heterocycles. The highest BCUT2D eigenvalue weighted by Gasteiger charge is 2.34. The Labute approximate surface area is 144 Å². The molecule has 0 bridgehead atoms. The number of para-hydroxylation sites is 1. The van der Waals surface area contributed by atoms with Crippen LogP contribution in [0.5, 0.6) is 11.5 Å². The third-order valence-corrected chi connectivity index (χ3v) is 4.68. The van der Waals surface area contributed by atoms with Gasteiger partial charge in [-0.1, -0.05) is 24.3 Å². The maximum Gasteiger partial charge on any atom is 0.226 e. The molecule has 3 aromatic rings. The molecule has 0 fully saturated rings. The Morgan fingerprint density at radius 2 is 2.00 bits per heavy atom. The van der Waals surface area contributed by atoms with E-state index in [-0.39, 0.29) is 6.04 Å². The third-order valence-electron chi connectivity index (χ3n) is 4.68. The summed E-state index contributed by atoms with van der Waals surface area (Å²) in [5, 5.41) is 7.85. The maximum absolute atomic E-state index is 6.00. The van der Waals surface area contributed by atoms with Gasteiger partial charge in [0.25, 0.3) is 0 Å². The molecule has 0 saturated carbocycles. The zero-order chi connectivity index (χ0) is 16.8. The fraction of sp³-hybridized carbons (Fsp3) is 0.158. The van der Waals surface area contributed by atoms with E-state index in [2.05, 4.69) is 33.6 Å². The zero-order valence-electron chi connectivity index (χ0n) is 13.6. The molecule has 2 aliphatic heterocycles. The Bertz CT molecular complexity index is 975. The van der Waals surface area contributed by atoms with Crippen LogP contribution in [0.1, 0.15) is 17.2 Å². The van der Waals surface area contributed by atoms with Crippen molar-refractivity contribution >= 4 is 11.6 Å². The standard InChI is InChI=1S/C19H16N4O2/c1-24-13-8-6-12(7-9-13)18-15-10-25-16-5-3-2-4-14(16)17(15)22-19-20-11-21-23(18)19/h2-9,11,18H,10H2,1H3,(H,20,21,22)/t18-/m1/s1. The van der Waals surface area contributed by atoms with Gasteiger partial charge in [-0.05, 0) is 29.8 Å². The number of nitrogens with zero attached hydrogens (tertiary/aromatic N) is 3. The molecule has 0 aliphatic carbocycles. The lowest BCUT2D eigenvalue weighted by Crippen LogP contribution is -2.30. The molecule has 6 nitrogen and oxygen atoms in total. The molecule has 0 spiro atoms. The lowest BCUT2D eigenvalue weighted by Gasteiger charge is -2.34. The highest BCUT2D eigenvalue weighted by molar-refractivity contribution is 5.84. The van der Waals surface area contributed by atoms with E-state index in [0.29, 0.717) is 6.61 Å². The van der Waals surface area contributed by atoms with Crippen molar-refractivity contribution in [2.45, 2.75) is 6.04 Å². The summed E-state index contributed by atoms with van der Waals surface area (Å²) in [5.41, 5.74) is 4.37. The minimum Gasteiger partial charge on any atom is -0.497 e. The molecular weight excluding hydrogens is 316 g/mol. The van der Waals surface area contributed by atoms with Gasteiger partial charge in [0, 0.05) is 11.1 Å². The molecule has 25 heavy (non-hydrogen) atoms. The molecule has 124 valence electrons. The number of nitrogens with one attached hydrogen (secondary N) is 1. The number of benzene rings is 2. The van der Waals surface area contributed by atoms with Crippen molar-refractivity contribution in [3.63, 3.8) is 0 Å². The van der Waals surface area contributed by atoms with Crippen molar-refractivity contribution in [3.05, 3.63) is 71.6 Å². The van der Waals surface area contributed by atoms with Crippen molar-refractivity contribution < 1.29 is 9.47 Å². The van der Waals surface area contributed by atoms with Gasteiger partial charge in [-0.2, -0.15) is 10.1 Å². The molecule has 0 saturated heterocycles. The second kappa shape index (κ2) is 5.37. The Kier molecular flexibility index (Phi) is 3.03.